The lowest BCUT2D eigenvalue weighted by molar-refractivity contribution is 0.685. The number of imidazole rings is 1. The van der Waals surface area contributed by atoms with Crippen molar-refractivity contribution in [3.63, 3.8) is 0 Å². The van der Waals surface area contributed by atoms with Gasteiger partial charge in [-0.1, -0.05) is 42.5 Å². The van der Waals surface area contributed by atoms with Crippen LogP contribution in [0.3, 0.4) is 0 Å². The van der Waals surface area contributed by atoms with E-state index in [1.165, 1.54) is 5.56 Å². The van der Waals surface area contributed by atoms with Crippen LogP contribution in [0.15, 0.2) is 49.1 Å². The van der Waals surface area contributed by atoms with Gasteiger partial charge < -0.3 is 4.57 Å². The molecular formula is C12H12N2S2. The Hall–Kier alpha value is -1.13. The van der Waals surface area contributed by atoms with Gasteiger partial charge in [0, 0.05) is 23.6 Å². The van der Waals surface area contributed by atoms with E-state index >= 15 is 0 Å². The van der Waals surface area contributed by atoms with Crippen LogP contribution >= 0.6 is 24.0 Å². The Morgan fingerprint density at radius 3 is 2.81 bits per heavy atom. The number of aromatic nitrogens is 2. The Morgan fingerprint density at radius 1 is 1.38 bits per heavy atom. The minimum absolute atomic E-state index is 0.355. The number of nitrogens with zero attached hydrogens (tertiary/aromatic N) is 2. The third-order valence-electron chi connectivity index (χ3n) is 2.33. The highest BCUT2D eigenvalue weighted by Gasteiger charge is 2.10. The highest BCUT2D eigenvalue weighted by atomic mass is 32.2. The van der Waals surface area contributed by atoms with Crippen LogP contribution in [0.25, 0.3) is 0 Å². The number of hydrogen-bond donors (Lipinski definition) is 0. The van der Waals surface area contributed by atoms with Crippen LogP contribution in [-0.2, 0) is 6.54 Å². The van der Waals surface area contributed by atoms with Crippen molar-refractivity contribution in [1.29, 1.82) is 0 Å². The summed E-state index contributed by atoms with van der Waals surface area (Å²) in [5.41, 5.74) is 1.29. The Morgan fingerprint density at radius 2 is 2.19 bits per heavy atom. The van der Waals surface area contributed by atoms with Gasteiger partial charge in [-0.2, -0.15) is 0 Å². The van der Waals surface area contributed by atoms with Gasteiger partial charge in [0.1, 0.15) is 0 Å². The van der Waals surface area contributed by atoms with Crippen molar-refractivity contribution in [2.45, 2.75) is 11.8 Å². The second kappa shape index (κ2) is 5.82. The molecule has 0 amide bonds. The summed E-state index contributed by atoms with van der Waals surface area (Å²) >= 11 is 6.61. The van der Waals surface area contributed by atoms with E-state index in [1.807, 2.05) is 18.6 Å². The lowest BCUT2D eigenvalue weighted by atomic mass is 10.1. The van der Waals surface area contributed by atoms with E-state index in [2.05, 4.69) is 33.8 Å². The van der Waals surface area contributed by atoms with Crippen LogP contribution in [0.2, 0.25) is 0 Å². The van der Waals surface area contributed by atoms with Crippen molar-refractivity contribution in [2.75, 3.05) is 0 Å². The van der Waals surface area contributed by atoms with Crippen LogP contribution in [0.4, 0.5) is 0 Å². The molecule has 1 unspecified atom stereocenters. The molecule has 0 radical (unpaired) electrons. The summed E-state index contributed by atoms with van der Waals surface area (Å²) in [6.07, 6.45) is 5.60. The van der Waals surface area contributed by atoms with E-state index in [0.29, 0.717) is 5.25 Å². The molecule has 1 aromatic carbocycles. The fourth-order valence-corrected chi connectivity index (χ4v) is 2.66. The lowest BCUT2D eigenvalue weighted by Gasteiger charge is -2.14. The van der Waals surface area contributed by atoms with Crippen molar-refractivity contribution in [1.82, 2.24) is 9.55 Å². The van der Waals surface area contributed by atoms with Gasteiger partial charge in [-0.05, 0) is 5.56 Å². The molecule has 1 aromatic heterocycles. The molecular weight excluding hydrogens is 236 g/mol. The molecule has 0 aliphatic carbocycles. The zero-order valence-electron chi connectivity index (χ0n) is 8.69. The molecule has 82 valence electrons. The molecule has 0 spiro atoms. The first-order valence-corrected chi connectivity index (χ1v) is 6.41. The lowest BCUT2D eigenvalue weighted by Crippen LogP contribution is -2.04. The Bertz CT molecular complexity index is 426. The van der Waals surface area contributed by atoms with Gasteiger partial charge in [0.25, 0.3) is 0 Å². The van der Waals surface area contributed by atoms with Gasteiger partial charge in [0.15, 0.2) is 0 Å². The van der Waals surface area contributed by atoms with Crippen LogP contribution in [0.5, 0.6) is 0 Å². The molecule has 0 saturated carbocycles. The van der Waals surface area contributed by atoms with Gasteiger partial charge in [-0.15, -0.1) is 11.8 Å². The SMILES string of the molecule is S=CSC(Cn1ccnc1)c1ccccc1. The fourth-order valence-electron chi connectivity index (χ4n) is 1.55. The summed E-state index contributed by atoms with van der Waals surface area (Å²) in [5.74, 6) is 0. The Balaban J connectivity index is 2.14. The van der Waals surface area contributed by atoms with E-state index in [1.54, 1.807) is 22.7 Å². The quantitative estimate of drug-likeness (QED) is 0.756. The van der Waals surface area contributed by atoms with Crippen molar-refractivity contribution in [3.05, 3.63) is 54.6 Å². The zero-order valence-corrected chi connectivity index (χ0v) is 10.3. The molecule has 0 bridgehead atoms. The molecule has 0 N–H and O–H groups in total. The van der Waals surface area contributed by atoms with Gasteiger partial charge in [0.05, 0.1) is 11.6 Å². The fraction of sp³-hybridized carbons (Fsp3) is 0.167. The van der Waals surface area contributed by atoms with Crippen molar-refractivity contribution < 1.29 is 0 Å². The largest absolute Gasteiger partial charge is 0.336 e. The number of thioether (sulfide) groups is 1. The van der Waals surface area contributed by atoms with E-state index in [9.17, 15) is 0 Å². The molecule has 2 rings (SSSR count). The van der Waals surface area contributed by atoms with Crippen molar-refractivity contribution in [2.24, 2.45) is 0 Å². The third kappa shape index (κ3) is 2.93. The van der Waals surface area contributed by atoms with Crippen molar-refractivity contribution in [3.8, 4) is 0 Å². The van der Waals surface area contributed by atoms with Gasteiger partial charge in [-0.25, -0.2) is 4.98 Å². The summed E-state index contributed by atoms with van der Waals surface area (Å²) < 4.78 is 3.80. The highest BCUT2D eigenvalue weighted by molar-refractivity contribution is 8.20. The molecule has 2 aromatic rings. The number of hydrogen-bond acceptors (Lipinski definition) is 3. The molecule has 0 fully saturated rings. The Labute approximate surface area is 105 Å². The molecule has 1 atom stereocenters. The van der Waals surface area contributed by atoms with E-state index < -0.39 is 0 Å². The summed E-state index contributed by atoms with van der Waals surface area (Å²) in [4.78, 5) is 4.05. The third-order valence-corrected chi connectivity index (χ3v) is 3.52. The van der Waals surface area contributed by atoms with Gasteiger partial charge >= 0.3 is 0 Å². The molecule has 2 nitrogen and oxygen atoms in total. The maximum Gasteiger partial charge on any atom is 0.0946 e. The van der Waals surface area contributed by atoms with Gasteiger partial charge in [0.2, 0.25) is 0 Å². The topological polar surface area (TPSA) is 17.8 Å². The summed E-state index contributed by atoms with van der Waals surface area (Å²) in [6, 6.07) is 10.4. The number of benzene rings is 1. The first kappa shape index (κ1) is 11.4. The second-order valence-corrected chi connectivity index (χ2v) is 5.00. The molecule has 0 aliphatic rings. The van der Waals surface area contributed by atoms with Gasteiger partial charge in [-0.3, -0.25) is 0 Å². The van der Waals surface area contributed by atoms with Crippen LogP contribution in [-0.4, -0.2) is 14.3 Å². The van der Waals surface area contributed by atoms with E-state index in [-0.39, 0.29) is 0 Å². The Kier molecular flexibility index (Phi) is 4.13. The predicted molar refractivity (Wildman–Crippen MR) is 72.7 cm³/mol. The first-order valence-electron chi connectivity index (χ1n) is 5.00. The molecule has 1 heterocycles. The number of thiocarbonyl (C=S) groups is 1. The summed E-state index contributed by atoms with van der Waals surface area (Å²) in [7, 11) is 0. The minimum Gasteiger partial charge on any atom is -0.336 e. The van der Waals surface area contributed by atoms with Crippen LogP contribution in [0, 0.1) is 0 Å². The minimum atomic E-state index is 0.355. The maximum absolute atomic E-state index is 4.94. The first-order chi connectivity index (χ1) is 7.90. The summed E-state index contributed by atoms with van der Waals surface area (Å²) in [5, 5.41) is 0.355. The maximum atomic E-state index is 4.94. The monoisotopic (exact) mass is 248 g/mol. The second-order valence-electron chi connectivity index (χ2n) is 3.39. The number of rotatable bonds is 5. The summed E-state index contributed by atoms with van der Waals surface area (Å²) in [6.45, 7) is 0.891. The molecule has 4 heteroatoms. The van der Waals surface area contributed by atoms with Crippen LogP contribution < -0.4 is 0 Å². The zero-order chi connectivity index (χ0) is 11.2. The average molecular weight is 248 g/mol. The molecule has 0 saturated heterocycles. The van der Waals surface area contributed by atoms with Crippen molar-refractivity contribution >= 4 is 28.7 Å². The predicted octanol–water partition coefficient (Wildman–Crippen LogP) is 3.31. The normalized spacial score (nSPS) is 12.2. The van der Waals surface area contributed by atoms with E-state index in [0.717, 1.165) is 6.54 Å². The smallest absolute Gasteiger partial charge is 0.0946 e. The average Bonchev–Trinajstić information content (AvgIpc) is 2.83. The molecule has 16 heavy (non-hydrogen) atoms. The highest BCUT2D eigenvalue weighted by Crippen LogP contribution is 2.28. The standard InChI is InChI=1S/C12H12N2S2/c15-10-16-12(8-14-7-6-13-9-14)11-4-2-1-3-5-11/h1-7,9-10,12H,8H2. The molecule has 0 aliphatic heterocycles. The van der Waals surface area contributed by atoms with E-state index in [4.69, 9.17) is 12.2 Å². The van der Waals surface area contributed by atoms with Crippen LogP contribution in [0.1, 0.15) is 10.8 Å².